The van der Waals surface area contributed by atoms with Gasteiger partial charge in [-0.3, -0.25) is 9.18 Å². The van der Waals surface area contributed by atoms with Gasteiger partial charge in [0.05, 0.1) is 13.3 Å². The minimum Gasteiger partial charge on any atom is -0.388 e. The van der Waals surface area contributed by atoms with E-state index in [2.05, 4.69) is 6.58 Å². The third kappa shape index (κ3) is 2.33. The van der Waals surface area contributed by atoms with Crippen LogP contribution in [-0.4, -0.2) is 36.4 Å². The van der Waals surface area contributed by atoms with E-state index < -0.39 is 12.2 Å². The molecule has 2 rings (SSSR count). The van der Waals surface area contributed by atoms with Crippen LogP contribution in [0.5, 0.6) is 0 Å². The Morgan fingerprint density at radius 3 is 2.75 bits per heavy atom. The summed E-state index contributed by atoms with van der Waals surface area (Å²) in [6.07, 6.45) is 2.41. The van der Waals surface area contributed by atoms with E-state index in [1.807, 2.05) is 13.8 Å². The maximum Gasteiger partial charge on any atom is 0.190 e. The Labute approximate surface area is 120 Å². The number of aliphatic hydroxyl groups is 1. The van der Waals surface area contributed by atoms with Crippen molar-refractivity contribution in [2.75, 3.05) is 19.9 Å². The lowest BCUT2D eigenvalue weighted by Gasteiger charge is -2.48. The van der Waals surface area contributed by atoms with Crippen molar-refractivity contribution in [3.63, 3.8) is 0 Å². The van der Waals surface area contributed by atoms with Gasteiger partial charge in [-0.25, -0.2) is 0 Å². The molecule has 1 saturated heterocycles. The molecule has 0 radical (unpaired) electrons. The van der Waals surface area contributed by atoms with Gasteiger partial charge in [-0.05, 0) is 43.9 Å². The molecule has 0 unspecified atom stereocenters. The normalized spacial score (nSPS) is 37.1. The Morgan fingerprint density at radius 1 is 1.60 bits per heavy atom. The summed E-state index contributed by atoms with van der Waals surface area (Å²) in [6.45, 7) is 7.48. The largest absolute Gasteiger partial charge is 0.388 e. The number of hydrogen-bond acceptors (Lipinski definition) is 3. The lowest BCUT2D eigenvalue weighted by Crippen LogP contribution is -2.61. The number of rotatable bonds is 7. The van der Waals surface area contributed by atoms with Gasteiger partial charge < -0.3 is 9.84 Å². The van der Waals surface area contributed by atoms with E-state index in [9.17, 15) is 14.3 Å². The van der Waals surface area contributed by atoms with Gasteiger partial charge in [-0.2, -0.15) is 0 Å². The van der Waals surface area contributed by atoms with Crippen LogP contribution in [0.3, 0.4) is 0 Å². The van der Waals surface area contributed by atoms with Gasteiger partial charge in [0, 0.05) is 5.92 Å². The van der Waals surface area contributed by atoms with Crippen LogP contribution in [-0.2, 0) is 9.53 Å². The molecular formula is C16H25FO3. The van der Waals surface area contributed by atoms with Crippen LogP contribution >= 0.6 is 0 Å². The van der Waals surface area contributed by atoms with Gasteiger partial charge in [0.25, 0.3) is 0 Å². The van der Waals surface area contributed by atoms with Gasteiger partial charge >= 0.3 is 0 Å². The van der Waals surface area contributed by atoms with Crippen LogP contribution in [0.2, 0.25) is 0 Å². The summed E-state index contributed by atoms with van der Waals surface area (Å²) in [4.78, 5) is 12.0. The van der Waals surface area contributed by atoms with Crippen molar-refractivity contribution in [3.05, 3.63) is 12.2 Å². The van der Waals surface area contributed by atoms with Crippen LogP contribution in [0.4, 0.5) is 4.39 Å². The zero-order chi connectivity index (χ0) is 14.9. The molecule has 0 bridgehead atoms. The van der Waals surface area contributed by atoms with Crippen molar-refractivity contribution in [1.82, 2.24) is 0 Å². The van der Waals surface area contributed by atoms with Gasteiger partial charge in [-0.15, -0.1) is 6.58 Å². The van der Waals surface area contributed by atoms with Crippen LogP contribution in [0, 0.1) is 23.7 Å². The molecule has 0 spiro atoms. The Balaban J connectivity index is 2.11. The van der Waals surface area contributed by atoms with Crippen molar-refractivity contribution in [1.29, 1.82) is 0 Å². The SMILES string of the molecule is C=C(C)CC[C@H](CF)[C@@H]1C[C@@H](C)[C@@]2(C(=O)CO)OC[C@H]12. The summed E-state index contributed by atoms with van der Waals surface area (Å²) < 4.78 is 19.0. The number of alkyl halides is 1. The first-order valence-electron chi connectivity index (χ1n) is 7.45. The molecule has 114 valence electrons. The van der Waals surface area contributed by atoms with E-state index in [4.69, 9.17) is 4.74 Å². The highest BCUT2D eigenvalue weighted by Gasteiger charge is 2.65. The summed E-state index contributed by atoms with van der Waals surface area (Å²) in [7, 11) is 0. The van der Waals surface area contributed by atoms with Gasteiger partial charge in [0.2, 0.25) is 0 Å². The molecule has 2 aliphatic rings. The number of allylic oxidation sites excluding steroid dienone is 1. The molecular weight excluding hydrogens is 259 g/mol. The molecule has 0 amide bonds. The molecule has 20 heavy (non-hydrogen) atoms. The van der Waals surface area contributed by atoms with E-state index in [1.165, 1.54) is 0 Å². The molecule has 1 saturated carbocycles. The van der Waals surface area contributed by atoms with Crippen LogP contribution in [0.1, 0.15) is 33.1 Å². The van der Waals surface area contributed by atoms with Gasteiger partial charge in [-0.1, -0.05) is 12.5 Å². The van der Waals surface area contributed by atoms with Crippen LogP contribution < -0.4 is 0 Å². The van der Waals surface area contributed by atoms with Crippen molar-refractivity contribution in [2.24, 2.45) is 23.7 Å². The number of ether oxygens (including phenoxy) is 1. The van der Waals surface area contributed by atoms with E-state index >= 15 is 0 Å². The summed E-state index contributed by atoms with van der Waals surface area (Å²) in [5.74, 6) is 0.0454. The lowest BCUT2D eigenvalue weighted by atomic mass is 9.72. The fraction of sp³-hybridized carbons (Fsp3) is 0.812. The van der Waals surface area contributed by atoms with Crippen LogP contribution in [0.15, 0.2) is 12.2 Å². The minimum absolute atomic E-state index is 0.0311. The van der Waals surface area contributed by atoms with Crippen molar-refractivity contribution < 1.29 is 19.0 Å². The number of aliphatic hydroxyl groups excluding tert-OH is 1. The summed E-state index contributed by atoms with van der Waals surface area (Å²) in [5.41, 5.74) is 0.229. The van der Waals surface area contributed by atoms with E-state index in [1.54, 1.807) is 0 Å². The molecule has 0 aromatic carbocycles. The van der Waals surface area contributed by atoms with Crippen molar-refractivity contribution in [2.45, 2.75) is 38.7 Å². The van der Waals surface area contributed by atoms with E-state index in [-0.39, 0.29) is 36.1 Å². The molecule has 2 fully saturated rings. The minimum atomic E-state index is -0.837. The highest BCUT2D eigenvalue weighted by atomic mass is 19.1. The number of hydrogen-bond donors (Lipinski definition) is 1. The third-order valence-corrected chi connectivity index (χ3v) is 5.25. The van der Waals surface area contributed by atoms with Gasteiger partial charge in [0.15, 0.2) is 5.78 Å². The highest BCUT2D eigenvalue weighted by Crippen LogP contribution is 2.56. The Morgan fingerprint density at radius 2 is 2.30 bits per heavy atom. The molecule has 0 aromatic rings. The highest BCUT2D eigenvalue weighted by molar-refractivity contribution is 5.90. The fourth-order valence-corrected chi connectivity index (χ4v) is 4.10. The van der Waals surface area contributed by atoms with Crippen LogP contribution in [0.25, 0.3) is 0 Å². The first-order valence-corrected chi connectivity index (χ1v) is 7.45. The molecule has 1 heterocycles. The molecule has 1 aliphatic heterocycles. The third-order valence-electron chi connectivity index (χ3n) is 5.25. The molecule has 1 N–H and O–H groups in total. The number of halogens is 1. The van der Waals surface area contributed by atoms with E-state index in [0.29, 0.717) is 6.61 Å². The monoisotopic (exact) mass is 284 g/mol. The molecule has 5 atom stereocenters. The Kier molecular flexibility index (Phi) is 4.65. The predicted octanol–water partition coefficient (Wildman–Crippen LogP) is 2.53. The Bertz CT molecular complexity index is 395. The fourth-order valence-electron chi connectivity index (χ4n) is 4.10. The average molecular weight is 284 g/mol. The first kappa shape index (κ1) is 15.6. The summed E-state index contributed by atoms with van der Waals surface area (Å²) >= 11 is 0. The lowest BCUT2D eigenvalue weighted by molar-refractivity contribution is -0.216. The molecule has 1 aliphatic carbocycles. The number of fused-ring (bicyclic) bond motifs is 1. The second kappa shape index (κ2) is 5.94. The maximum atomic E-state index is 13.4. The second-order valence-corrected chi connectivity index (χ2v) is 6.50. The predicted molar refractivity (Wildman–Crippen MR) is 75.0 cm³/mol. The molecule has 0 aromatic heterocycles. The maximum absolute atomic E-state index is 13.4. The summed E-state index contributed by atoms with van der Waals surface area (Å²) in [5, 5.41) is 9.17. The number of carbonyl (C=O) groups excluding carboxylic acids is 1. The Hall–Kier alpha value is -0.740. The standard InChI is InChI=1S/C16H25FO3/c1-10(2)4-5-12(7-17)13-6-11(3)16(15(19)8-18)14(13)9-20-16/h11-14,18H,1,4-9H2,2-3H3/t11-,12-,13+,14-,16-/m1/s1. The smallest absolute Gasteiger partial charge is 0.190 e. The van der Waals surface area contributed by atoms with Crippen molar-refractivity contribution >= 4 is 5.78 Å². The zero-order valence-electron chi connectivity index (χ0n) is 12.4. The zero-order valence-corrected chi connectivity index (χ0v) is 12.4. The molecule has 4 heteroatoms. The number of ketones is 1. The quantitative estimate of drug-likeness (QED) is 0.731. The molecule has 3 nitrogen and oxygen atoms in total. The topological polar surface area (TPSA) is 46.5 Å². The first-order chi connectivity index (χ1) is 9.47. The second-order valence-electron chi connectivity index (χ2n) is 6.50. The summed E-state index contributed by atoms with van der Waals surface area (Å²) in [6, 6.07) is 0. The van der Waals surface area contributed by atoms with Gasteiger partial charge in [0.1, 0.15) is 12.2 Å². The van der Waals surface area contributed by atoms with Crippen molar-refractivity contribution in [3.8, 4) is 0 Å². The van der Waals surface area contributed by atoms with E-state index in [0.717, 1.165) is 24.8 Å². The number of Topliss-reactive ketones (excluding diaryl/α,β-unsaturated/α-hetero) is 1. The average Bonchev–Trinajstić information content (AvgIpc) is 2.56. The number of carbonyl (C=O) groups is 1.